The van der Waals surface area contributed by atoms with Crippen molar-refractivity contribution in [2.75, 3.05) is 12.0 Å². The Labute approximate surface area is 243 Å². The molecule has 3 fully saturated rings. The Morgan fingerprint density at radius 3 is 2.55 bits per heavy atom. The lowest BCUT2D eigenvalue weighted by molar-refractivity contribution is -0.137. The van der Waals surface area contributed by atoms with E-state index in [0.717, 1.165) is 54.4 Å². The van der Waals surface area contributed by atoms with Gasteiger partial charge in [-0.25, -0.2) is 9.78 Å². The van der Waals surface area contributed by atoms with Gasteiger partial charge in [-0.2, -0.15) is 13.2 Å². The van der Waals surface area contributed by atoms with Crippen molar-refractivity contribution in [3.8, 4) is 17.0 Å². The quantitative estimate of drug-likeness (QED) is 0.226. The summed E-state index contributed by atoms with van der Waals surface area (Å²) in [4.78, 5) is 18.8. The van der Waals surface area contributed by atoms with Crippen molar-refractivity contribution < 1.29 is 37.1 Å². The molecular formula is C30H28F3N3O5S. The number of methoxy groups -OCH3 is 1. The number of anilines is 1. The second-order valence-electron chi connectivity index (χ2n) is 11.2. The van der Waals surface area contributed by atoms with Gasteiger partial charge in [0.25, 0.3) is 0 Å². The number of thiazole rings is 1. The molecule has 4 heterocycles. The zero-order valence-electron chi connectivity index (χ0n) is 22.7. The summed E-state index contributed by atoms with van der Waals surface area (Å²) in [6.45, 7) is 0.136. The number of hydrogen-bond donors (Lipinski definition) is 1. The molecule has 12 heteroatoms. The minimum atomic E-state index is -4.51. The number of ether oxygens (including phenoxy) is 2. The molecule has 220 valence electrons. The average Bonchev–Trinajstić information content (AvgIpc) is 3.48. The molecule has 1 N–H and O–H groups in total. The van der Waals surface area contributed by atoms with Crippen LogP contribution in [0.25, 0.3) is 21.5 Å². The zero-order chi connectivity index (χ0) is 29.2. The number of aromatic carboxylic acids is 1. The van der Waals surface area contributed by atoms with Gasteiger partial charge in [-0.05, 0) is 56.7 Å². The first-order valence-corrected chi connectivity index (χ1v) is 14.8. The van der Waals surface area contributed by atoms with Crippen molar-refractivity contribution in [1.82, 2.24) is 10.1 Å². The van der Waals surface area contributed by atoms with Crippen LogP contribution in [0, 0.1) is 0 Å². The Kier molecular flexibility index (Phi) is 6.65. The second-order valence-corrected chi connectivity index (χ2v) is 12.2. The number of alkyl halides is 3. The smallest absolute Gasteiger partial charge is 0.417 e. The Bertz CT molecular complexity index is 1650. The molecule has 1 saturated carbocycles. The van der Waals surface area contributed by atoms with E-state index in [4.69, 9.17) is 19.0 Å². The number of nitrogens with zero attached hydrogens (tertiary/aromatic N) is 3. The molecule has 1 aliphatic carbocycles. The molecule has 7 rings (SSSR count). The Balaban J connectivity index is 1.12. The van der Waals surface area contributed by atoms with Gasteiger partial charge < -0.3 is 24.0 Å². The van der Waals surface area contributed by atoms with E-state index in [9.17, 15) is 23.1 Å². The van der Waals surface area contributed by atoms with Crippen LogP contribution in [0.1, 0.15) is 71.7 Å². The molecule has 4 aromatic rings. The molecule has 2 aromatic heterocycles. The highest BCUT2D eigenvalue weighted by molar-refractivity contribution is 7.22. The molecule has 0 unspecified atom stereocenters. The lowest BCUT2D eigenvalue weighted by Gasteiger charge is -2.38. The summed E-state index contributed by atoms with van der Waals surface area (Å²) in [6, 6.07) is 8.96. The Morgan fingerprint density at radius 2 is 1.88 bits per heavy atom. The van der Waals surface area contributed by atoms with Gasteiger partial charge in [0.1, 0.15) is 22.7 Å². The molecule has 2 bridgehead atoms. The van der Waals surface area contributed by atoms with Crippen LogP contribution in [0.5, 0.6) is 5.75 Å². The van der Waals surface area contributed by atoms with Gasteiger partial charge in [-0.3, -0.25) is 0 Å². The summed E-state index contributed by atoms with van der Waals surface area (Å²) in [5.41, 5.74) is 0.877. The predicted octanol–water partition coefficient (Wildman–Crippen LogP) is 7.27. The molecule has 2 aliphatic heterocycles. The third-order valence-corrected chi connectivity index (χ3v) is 9.56. The number of carboxylic acid groups (broad SMARTS) is 1. The summed E-state index contributed by atoms with van der Waals surface area (Å²) in [5, 5.41) is 14.4. The number of piperidine rings is 1. The topological polar surface area (TPSA) is 97.9 Å². The van der Waals surface area contributed by atoms with Crippen molar-refractivity contribution in [2.24, 2.45) is 0 Å². The molecule has 0 radical (unpaired) electrons. The van der Waals surface area contributed by atoms with E-state index in [2.05, 4.69) is 10.1 Å². The molecule has 42 heavy (non-hydrogen) atoms. The fourth-order valence-corrected chi connectivity index (χ4v) is 7.60. The minimum absolute atomic E-state index is 0.00598. The normalized spacial score (nSPS) is 22.2. The first-order chi connectivity index (χ1) is 20.2. The molecule has 3 atom stereocenters. The average molecular weight is 600 g/mol. The first-order valence-electron chi connectivity index (χ1n) is 14.0. The van der Waals surface area contributed by atoms with E-state index in [-0.39, 0.29) is 47.5 Å². The minimum Gasteiger partial charge on any atom is -0.494 e. The van der Waals surface area contributed by atoms with Crippen molar-refractivity contribution in [3.05, 3.63) is 58.8 Å². The molecule has 8 nitrogen and oxygen atoms in total. The standard InChI is InChI=1S/C30H28F3N3O5S/c1-39-23-10-16(28(37)38)11-24-26(23)34-29(42-24)36-17-8-9-18(36)13-19(12-17)40-14-21-25(35-41-27(21)15-6-7-15)20-4-2-3-5-22(20)30(31,32)33/h2-5,10-11,15,17-19H,6-9,12-14H2,1H3,(H,37,38)/t17-,18+,19+. The number of rotatable bonds is 8. The van der Waals surface area contributed by atoms with Crippen LogP contribution in [0.4, 0.5) is 18.3 Å². The fraction of sp³-hybridized carbons (Fsp3) is 0.433. The number of carboxylic acids is 1. The maximum Gasteiger partial charge on any atom is 0.417 e. The zero-order valence-corrected chi connectivity index (χ0v) is 23.5. The SMILES string of the molecule is COc1cc(C(=O)O)cc2sc(N3[C@@H]4CC[C@H]3C[C@@H](OCc3c(-c5ccccc5C(F)(F)F)noc3C3CC3)C4)nc12. The predicted molar refractivity (Wildman–Crippen MR) is 149 cm³/mol. The van der Waals surface area contributed by atoms with Crippen molar-refractivity contribution in [2.45, 2.75) is 75.4 Å². The number of aromatic nitrogens is 2. The number of hydrogen-bond acceptors (Lipinski definition) is 8. The monoisotopic (exact) mass is 599 g/mol. The molecule has 3 aliphatic rings. The van der Waals surface area contributed by atoms with Crippen molar-refractivity contribution >= 4 is 32.7 Å². The van der Waals surface area contributed by atoms with E-state index >= 15 is 0 Å². The van der Waals surface area contributed by atoms with Crippen LogP contribution < -0.4 is 9.64 Å². The molecule has 2 saturated heterocycles. The Hall–Kier alpha value is -3.64. The van der Waals surface area contributed by atoms with Crippen LogP contribution >= 0.6 is 11.3 Å². The van der Waals surface area contributed by atoms with Gasteiger partial charge in [0.05, 0.1) is 35.6 Å². The summed E-state index contributed by atoms with van der Waals surface area (Å²) in [6.07, 6.45) is 0.710. The van der Waals surface area contributed by atoms with Crippen LogP contribution in [0.3, 0.4) is 0 Å². The summed E-state index contributed by atoms with van der Waals surface area (Å²) in [7, 11) is 1.50. The summed E-state index contributed by atoms with van der Waals surface area (Å²) in [5.74, 6) is 0.206. The van der Waals surface area contributed by atoms with Gasteiger partial charge in [-0.1, -0.05) is 34.7 Å². The number of carbonyl (C=O) groups is 1. The number of halogens is 3. The largest absolute Gasteiger partial charge is 0.494 e. The highest BCUT2D eigenvalue weighted by atomic mass is 32.1. The van der Waals surface area contributed by atoms with Crippen LogP contribution in [0.2, 0.25) is 0 Å². The lowest BCUT2D eigenvalue weighted by atomic mass is 9.98. The van der Waals surface area contributed by atoms with Gasteiger partial charge in [0, 0.05) is 29.1 Å². The van der Waals surface area contributed by atoms with E-state index in [1.54, 1.807) is 12.1 Å². The molecular weight excluding hydrogens is 571 g/mol. The van der Waals surface area contributed by atoms with Gasteiger partial charge in [0.15, 0.2) is 5.13 Å². The number of fused-ring (bicyclic) bond motifs is 3. The van der Waals surface area contributed by atoms with Gasteiger partial charge in [0.2, 0.25) is 0 Å². The van der Waals surface area contributed by atoms with E-state index in [0.29, 0.717) is 22.6 Å². The third-order valence-electron chi connectivity index (χ3n) is 8.54. The maximum absolute atomic E-state index is 13.8. The molecule has 2 aromatic carbocycles. The lowest BCUT2D eigenvalue weighted by Crippen LogP contribution is -2.45. The van der Waals surface area contributed by atoms with Crippen LogP contribution in [-0.2, 0) is 17.5 Å². The summed E-state index contributed by atoms with van der Waals surface area (Å²) >= 11 is 1.46. The highest BCUT2D eigenvalue weighted by Crippen LogP contribution is 2.47. The first kappa shape index (κ1) is 27.2. The third kappa shape index (κ3) is 4.80. The van der Waals surface area contributed by atoms with E-state index < -0.39 is 17.7 Å². The van der Waals surface area contributed by atoms with Crippen LogP contribution in [-0.4, -0.2) is 46.5 Å². The maximum atomic E-state index is 13.8. The van der Waals surface area contributed by atoms with Crippen molar-refractivity contribution in [1.29, 1.82) is 0 Å². The fourth-order valence-electron chi connectivity index (χ4n) is 6.43. The van der Waals surface area contributed by atoms with E-state index in [1.165, 1.54) is 36.6 Å². The summed E-state index contributed by atoms with van der Waals surface area (Å²) < 4.78 is 59.7. The van der Waals surface area contributed by atoms with Gasteiger partial charge in [-0.15, -0.1) is 0 Å². The highest BCUT2D eigenvalue weighted by Gasteiger charge is 2.43. The molecule has 0 amide bonds. The number of benzene rings is 2. The Morgan fingerprint density at radius 1 is 1.14 bits per heavy atom. The van der Waals surface area contributed by atoms with Crippen LogP contribution in [0.15, 0.2) is 40.9 Å². The van der Waals surface area contributed by atoms with Gasteiger partial charge >= 0.3 is 12.1 Å². The van der Waals surface area contributed by atoms with E-state index in [1.807, 2.05) is 0 Å². The second kappa shape index (κ2) is 10.3. The van der Waals surface area contributed by atoms with Crippen molar-refractivity contribution in [3.63, 3.8) is 0 Å². The molecule has 0 spiro atoms.